The summed E-state index contributed by atoms with van der Waals surface area (Å²) in [6, 6.07) is 1.63. The Bertz CT molecular complexity index is 417. The van der Waals surface area contributed by atoms with Crippen LogP contribution in [0.5, 0.6) is 0 Å². The number of carbonyl (C=O) groups excluding carboxylic acids is 1. The summed E-state index contributed by atoms with van der Waals surface area (Å²) < 4.78 is 37.0. The number of hydrogen-bond acceptors (Lipinski definition) is 2. The molecule has 0 aliphatic carbocycles. The van der Waals surface area contributed by atoms with Crippen molar-refractivity contribution in [2.45, 2.75) is 6.18 Å². The molecule has 4 N–H and O–H groups in total. The lowest BCUT2D eigenvalue weighted by atomic mass is 10.1. The van der Waals surface area contributed by atoms with Gasteiger partial charge in [0, 0.05) is 0 Å². The third kappa shape index (κ3) is 2.15. The molecule has 0 saturated carbocycles. The molecule has 0 atom stereocenters. The Hall–Kier alpha value is -1.43. The van der Waals surface area contributed by atoms with Gasteiger partial charge in [-0.05, 0) is 12.1 Å². The molecule has 1 amide bonds. The average molecular weight is 239 g/mol. The van der Waals surface area contributed by atoms with E-state index in [9.17, 15) is 18.0 Å². The lowest BCUT2D eigenvalue weighted by molar-refractivity contribution is -0.136. The Morgan fingerprint density at radius 3 is 2.27 bits per heavy atom. The molecule has 0 radical (unpaired) electrons. The van der Waals surface area contributed by atoms with Crippen molar-refractivity contribution >= 4 is 23.2 Å². The van der Waals surface area contributed by atoms with Crippen LogP contribution >= 0.6 is 11.6 Å². The molecular formula is C8H6ClF3N2O. The van der Waals surface area contributed by atoms with Gasteiger partial charge in [-0.25, -0.2) is 0 Å². The first kappa shape index (κ1) is 11.6. The molecule has 0 saturated heterocycles. The summed E-state index contributed by atoms with van der Waals surface area (Å²) in [5.41, 5.74) is 7.64. The number of amides is 1. The fraction of sp³-hybridized carbons (Fsp3) is 0.125. The van der Waals surface area contributed by atoms with Crippen LogP contribution in [0, 0.1) is 0 Å². The van der Waals surface area contributed by atoms with Crippen molar-refractivity contribution in [2.75, 3.05) is 5.73 Å². The largest absolute Gasteiger partial charge is 0.418 e. The van der Waals surface area contributed by atoms with Gasteiger partial charge in [0.25, 0.3) is 5.91 Å². The molecule has 1 rings (SSSR count). The highest BCUT2D eigenvalue weighted by molar-refractivity contribution is 6.34. The Morgan fingerprint density at radius 1 is 1.33 bits per heavy atom. The van der Waals surface area contributed by atoms with E-state index >= 15 is 0 Å². The van der Waals surface area contributed by atoms with Crippen LogP contribution < -0.4 is 11.5 Å². The van der Waals surface area contributed by atoms with Gasteiger partial charge >= 0.3 is 6.18 Å². The Kier molecular flexibility index (Phi) is 2.81. The van der Waals surface area contributed by atoms with Crippen molar-refractivity contribution in [3.05, 3.63) is 28.3 Å². The van der Waals surface area contributed by atoms with Crippen LogP contribution in [-0.2, 0) is 6.18 Å². The molecule has 3 nitrogen and oxygen atoms in total. The summed E-state index contributed by atoms with van der Waals surface area (Å²) in [6.45, 7) is 0. The summed E-state index contributed by atoms with van der Waals surface area (Å²) in [5, 5.41) is -0.201. The van der Waals surface area contributed by atoms with E-state index in [1.54, 1.807) is 0 Å². The number of carbonyl (C=O) groups is 1. The monoisotopic (exact) mass is 238 g/mol. The number of halogens is 4. The van der Waals surface area contributed by atoms with Crippen molar-refractivity contribution in [1.82, 2.24) is 0 Å². The van der Waals surface area contributed by atoms with E-state index in [-0.39, 0.29) is 5.02 Å². The van der Waals surface area contributed by atoms with Gasteiger partial charge in [0.15, 0.2) is 0 Å². The van der Waals surface area contributed by atoms with Crippen molar-refractivity contribution < 1.29 is 18.0 Å². The molecule has 0 spiro atoms. The Labute approximate surface area is 87.8 Å². The number of nitrogen functional groups attached to an aromatic ring is 1. The first-order chi connectivity index (χ1) is 6.75. The molecule has 15 heavy (non-hydrogen) atoms. The highest BCUT2D eigenvalue weighted by atomic mass is 35.5. The predicted octanol–water partition coefficient (Wildman–Crippen LogP) is 2.04. The molecule has 0 unspecified atom stereocenters. The van der Waals surface area contributed by atoms with Gasteiger partial charge in [-0.2, -0.15) is 13.2 Å². The van der Waals surface area contributed by atoms with E-state index in [4.69, 9.17) is 23.1 Å². The topological polar surface area (TPSA) is 69.1 Å². The van der Waals surface area contributed by atoms with Gasteiger partial charge in [-0.3, -0.25) is 4.79 Å². The van der Waals surface area contributed by atoms with Crippen LogP contribution in [0.25, 0.3) is 0 Å². The molecule has 0 aromatic heterocycles. The third-order valence-corrected chi connectivity index (χ3v) is 2.06. The minimum Gasteiger partial charge on any atom is -0.398 e. The maximum atomic E-state index is 12.3. The maximum Gasteiger partial charge on any atom is 0.418 e. The zero-order valence-corrected chi connectivity index (χ0v) is 7.99. The average Bonchev–Trinajstić information content (AvgIpc) is 2.00. The van der Waals surface area contributed by atoms with E-state index < -0.39 is 28.9 Å². The normalized spacial score (nSPS) is 11.5. The van der Waals surface area contributed by atoms with E-state index in [0.29, 0.717) is 6.07 Å². The summed E-state index contributed by atoms with van der Waals surface area (Å²) in [6.07, 6.45) is -4.64. The third-order valence-electron chi connectivity index (χ3n) is 1.75. The second-order valence-corrected chi connectivity index (χ2v) is 3.15. The number of nitrogens with two attached hydrogens (primary N) is 2. The van der Waals surface area contributed by atoms with Crippen LogP contribution in [0.2, 0.25) is 5.02 Å². The molecule has 0 bridgehead atoms. The fourth-order valence-corrected chi connectivity index (χ4v) is 1.35. The van der Waals surface area contributed by atoms with E-state index in [1.165, 1.54) is 0 Å². The van der Waals surface area contributed by atoms with Crippen LogP contribution in [-0.4, -0.2) is 5.91 Å². The SMILES string of the molecule is NC(=O)c1c(Cl)ccc(C(F)(F)F)c1N. The number of alkyl halides is 3. The minimum atomic E-state index is -4.64. The fourth-order valence-electron chi connectivity index (χ4n) is 1.09. The van der Waals surface area contributed by atoms with Gasteiger partial charge in [-0.1, -0.05) is 11.6 Å². The van der Waals surface area contributed by atoms with E-state index in [0.717, 1.165) is 6.07 Å². The summed E-state index contributed by atoms with van der Waals surface area (Å²) >= 11 is 5.50. The molecule has 82 valence electrons. The van der Waals surface area contributed by atoms with E-state index in [2.05, 4.69) is 0 Å². The van der Waals surface area contributed by atoms with E-state index in [1.807, 2.05) is 0 Å². The molecule has 0 aliphatic rings. The Morgan fingerprint density at radius 2 is 1.87 bits per heavy atom. The van der Waals surface area contributed by atoms with Crippen molar-refractivity contribution in [3.8, 4) is 0 Å². The zero-order valence-electron chi connectivity index (χ0n) is 7.23. The molecule has 0 heterocycles. The first-order valence-electron chi connectivity index (χ1n) is 3.70. The maximum absolute atomic E-state index is 12.3. The van der Waals surface area contributed by atoms with Crippen LogP contribution in [0.3, 0.4) is 0 Å². The molecular weight excluding hydrogens is 233 g/mol. The van der Waals surface area contributed by atoms with Crippen LogP contribution in [0.4, 0.5) is 18.9 Å². The zero-order chi connectivity index (χ0) is 11.8. The van der Waals surface area contributed by atoms with Crippen molar-refractivity contribution in [3.63, 3.8) is 0 Å². The number of benzene rings is 1. The number of primary amides is 1. The first-order valence-corrected chi connectivity index (χ1v) is 4.08. The molecule has 0 aliphatic heterocycles. The van der Waals surface area contributed by atoms with Crippen molar-refractivity contribution in [2.24, 2.45) is 5.73 Å². The Balaban J connectivity index is 3.49. The summed E-state index contributed by atoms with van der Waals surface area (Å²) in [5.74, 6) is -1.09. The smallest absolute Gasteiger partial charge is 0.398 e. The number of rotatable bonds is 1. The van der Waals surface area contributed by atoms with Gasteiger partial charge in [-0.15, -0.1) is 0 Å². The minimum absolute atomic E-state index is 0.201. The van der Waals surface area contributed by atoms with Crippen LogP contribution in [0.15, 0.2) is 12.1 Å². The number of anilines is 1. The van der Waals surface area contributed by atoms with Gasteiger partial charge in [0.1, 0.15) is 0 Å². The summed E-state index contributed by atoms with van der Waals surface area (Å²) in [7, 11) is 0. The molecule has 1 aromatic carbocycles. The lowest BCUT2D eigenvalue weighted by Crippen LogP contribution is -2.18. The van der Waals surface area contributed by atoms with Gasteiger partial charge in [0.05, 0.1) is 21.8 Å². The lowest BCUT2D eigenvalue weighted by Gasteiger charge is -2.12. The molecule has 1 aromatic rings. The predicted molar refractivity (Wildman–Crippen MR) is 49.4 cm³/mol. The number of hydrogen-bond donors (Lipinski definition) is 2. The highest BCUT2D eigenvalue weighted by Gasteiger charge is 2.34. The quantitative estimate of drug-likeness (QED) is 0.735. The second-order valence-electron chi connectivity index (χ2n) is 2.75. The highest BCUT2D eigenvalue weighted by Crippen LogP contribution is 2.37. The molecule has 0 fully saturated rings. The second kappa shape index (κ2) is 3.62. The molecule has 7 heteroatoms. The van der Waals surface area contributed by atoms with Crippen molar-refractivity contribution in [1.29, 1.82) is 0 Å². The van der Waals surface area contributed by atoms with Gasteiger partial charge < -0.3 is 11.5 Å². The van der Waals surface area contributed by atoms with Crippen LogP contribution in [0.1, 0.15) is 15.9 Å². The van der Waals surface area contributed by atoms with Gasteiger partial charge in [0.2, 0.25) is 0 Å². The summed E-state index contributed by atoms with van der Waals surface area (Å²) in [4.78, 5) is 10.8. The standard InChI is InChI=1S/C8H6ClF3N2O/c9-4-2-1-3(8(10,11)12)6(13)5(4)7(14)15/h1-2H,13H2,(H2,14,15).